The third-order valence-corrected chi connectivity index (χ3v) is 7.99. The first-order valence-corrected chi connectivity index (χ1v) is 13.7. The quantitative estimate of drug-likeness (QED) is 0.306. The minimum Gasteiger partial charge on any atom is -0.508 e. The van der Waals surface area contributed by atoms with Gasteiger partial charge in [-0.2, -0.15) is 0 Å². The lowest BCUT2D eigenvalue weighted by Gasteiger charge is -2.31. The zero-order valence-corrected chi connectivity index (χ0v) is 19.6. The number of nitrogens with zero attached hydrogens (tertiary/aromatic N) is 2. The number of aromatic hydroxyl groups is 1. The smallest absolute Gasteiger partial charge is 0.343 e. The van der Waals surface area contributed by atoms with E-state index in [1.807, 2.05) is 0 Å². The predicted molar refractivity (Wildman–Crippen MR) is 126 cm³/mol. The number of benzene rings is 1. The van der Waals surface area contributed by atoms with E-state index in [9.17, 15) is 24.0 Å². The standard InChI is InChI=1S/C24H26N2O6S/c1-4-24(30)18-10-20-21-16(11-26(20)22(28)17(18)12-32-23(24)29)14(7-8-33(2,3)31)15-9-13(27)5-6-19(15)25-21/h5-6,9-10,27,30,33H,4,7-8,11-12H2,1-3H3/t24-/m0/s1. The molecule has 0 fully saturated rings. The van der Waals surface area contributed by atoms with Crippen molar-refractivity contribution >= 4 is 26.8 Å². The largest absolute Gasteiger partial charge is 0.508 e. The summed E-state index contributed by atoms with van der Waals surface area (Å²) in [5.74, 6) is -0.175. The van der Waals surface area contributed by atoms with Crippen LogP contribution in [0.5, 0.6) is 5.75 Å². The summed E-state index contributed by atoms with van der Waals surface area (Å²) in [7, 11) is -2.31. The number of pyridine rings is 2. The number of phenols is 1. The number of ether oxygens (including phenoxy) is 1. The highest BCUT2D eigenvalue weighted by Crippen LogP contribution is 2.40. The number of rotatable bonds is 4. The van der Waals surface area contributed by atoms with Gasteiger partial charge in [0.05, 0.1) is 29.0 Å². The van der Waals surface area contributed by atoms with Gasteiger partial charge < -0.3 is 19.5 Å². The number of aromatic nitrogens is 2. The van der Waals surface area contributed by atoms with Crippen molar-refractivity contribution in [1.82, 2.24) is 9.55 Å². The molecule has 0 saturated heterocycles. The summed E-state index contributed by atoms with van der Waals surface area (Å²) in [6.07, 6.45) is 4.07. The lowest BCUT2D eigenvalue weighted by Crippen LogP contribution is -2.44. The first-order chi connectivity index (χ1) is 15.5. The SMILES string of the molecule is CC[C@@]1(O)C(=O)OCc2c1cc1n(c2=O)Cc2c-1nc1ccc(O)cc1c2CC[SH](C)(C)=O. The van der Waals surface area contributed by atoms with Gasteiger partial charge in [0, 0.05) is 22.3 Å². The molecule has 2 aliphatic heterocycles. The molecule has 8 nitrogen and oxygen atoms in total. The lowest BCUT2D eigenvalue weighted by atomic mass is 9.86. The number of cyclic esters (lactones) is 1. The van der Waals surface area contributed by atoms with E-state index in [1.54, 1.807) is 48.3 Å². The van der Waals surface area contributed by atoms with E-state index in [0.29, 0.717) is 29.1 Å². The maximum Gasteiger partial charge on any atom is 0.343 e. The van der Waals surface area contributed by atoms with Crippen molar-refractivity contribution in [2.75, 3.05) is 18.3 Å². The lowest BCUT2D eigenvalue weighted by molar-refractivity contribution is -0.172. The Morgan fingerprint density at radius 2 is 1.97 bits per heavy atom. The van der Waals surface area contributed by atoms with Crippen molar-refractivity contribution in [3.05, 3.63) is 56.9 Å². The van der Waals surface area contributed by atoms with Gasteiger partial charge in [0.2, 0.25) is 0 Å². The van der Waals surface area contributed by atoms with Gasteiger partial charge in [-0.25, -0.2) is 9.78 Å². The summed E-state index contributed by atoms with van der Waals surface area (Å²) < 4.78 is 19.2. The summed E-state index contributed by atoms with van der Waals surface area (Å²) in [4.78, 5) is 30.6. The summed E-state index contributed by atoms with van der Waals surface area (Å²) in [5.41, 5.74) is 1.83. The average molecular weight is 471 g/mol. The summed E-state index contributed by atoms with van der Waals surface area (Å²) in [5, 5.41) is 21.9. The molecule has 9 heteroatoms. The number of carbonyl (C=O) groups is 1. The summed E-state index contributed by atoms with van der Waals surface area (Å²) in [6.45, 7) is 1.75. The molecule has 174 valence electrons. The molecule has 0 unspecified atom stereocenters. The molecule has 4 heterocycles. The van der Waals surface area contributed by atoms with Gasteiger partial charge in [-0.3, -0.25) is 9.00 Å². The van der Waals surface area contributed by atoms with E-state index in [-0.39, 0.29) is 42.0 Å². The Labute approximate surface area is 191 Å². The molecular formula is C24H26N2O6S. The molecule has 33 heavy (non-hydrogen) atoms. The van der Waals surface area contributed by atoms with Crippen molar-refractivity contribution in [2.45, 2.75) is 38.5 Å². The first-order valence-electron chi connectivity index (χ1n) is 10.9. The molecule has 2 aromatic heterocycles. The van der Waals surface area contributed by atoms with E-state index in [0.717, 1.165) is 16.5 Å². The molecule has 3 aromatic rings. The molecule has 0 saturated carbocycles. The zero-order valence-electron chi connectivity index (χ0n) is 18.7. The Bertz CT molecular complexity index is 1450. The van der Waals surface area contributed by atoms with Crippen LogP contribution in [0.2, 0.25) is 0 Å². The van der Waals surface area contributed by atoms with E-state index in [2.05, 4.69) is 0 Å². The van der Waals surface area contributed by atoms with Crippen LogP contribution >= 0.6 is 0 Å². The maximum absolute atomic E-state index is 13.4. The van der Waals surface area contributed by atoms with Crippen LogP contribution in [0, 0.1) is 0 Å². The minimum absolute atomic E-state index is 0.0759. The number of carbonyl (C=O) groups excluding carboxylic acids is 1. The number of phenolic OH excluding ortho intramolecular Hbond substituents is 1. The number of thiol groups is 1. The summed E-state index contributed by atoms with van der Waals surface area (Å²) >= 11 is 0. The summed E-state index contributed by atoms with van der Waals surface area (Å²) in [6, 6.07) is 6.59. The van der Waals surface area contributed by atoms with Crippen LogP contribution in [-0.4, -0.2) is 48.2 Å². The van der Waals surface area contributed by atoms with Gasteiger partial charge in [0.1, 0.15) is 12.4 Å². The molecule has 1 aromatic carbocycles. The van der Waals surface area contributed by atoms with Gasteiger partial charge in [0.15, 0.2) is 5.60 Å². The fourth-order valence-corrected chi connectivity index (χ4v) is 5.58. The molecule has 1 atom stereocenters. The fourth-order valence-electron chi connectivity index (χ4n) is 4.82. The average Bonchev–Trinajstić information content (AvgIpc) is 3.12. The highest BCUT2D eigenvalue weighted by Gasteiger charge is 2.45. The van der Waals surface area contributed by atoms with Gasteiger partial charge in [-0.05, 0) is 55.2 Å². The molecule has 0 amide bonds. The fraction of sp³-hybridized carbons (Fsp3) is 0.375. The van der Waals surface area contributed by atoms with Gasteiger partial charge in [0.25, 0.3) is 5.56 Å². The number of fused-ring (bicyclic) bond motifs is 5. The molecule has 5 rings (SSSR count). The number of hydrogen-bond acceptors (Lipinski definition) is 7. The second-order valence-electron chi connectivity index (χ2n) is 9.27. The molecule has 0 spiro atoms. The Balaban J connectivity index is 1.78. The zero-order chi connectivity index (χ0) is 23.7. The predicted octanol–water partition coefficient (Wildman–Crippen LogP) is 1.60. The Morgan fingerprint density at radius 3 is 2.67 bits per heavy atom. The van der Waals surface area contributed by atoms with Crippen LogP contribution in [0.25, 0.3) is 22.3 Å². The molecule has 0 radical (unpaired) electrons. The molecule has 2 aliphatic rings. The number of aryl methyl sites for hydroxylation is 1. The van der Waals surface area contributed by atoms with Crippen LogP contribution in [0.15, 0.2) is 29.1 Å². The molecule has 0 aliphatic carbocycles. The van der Waals surface area contributed by atoms with Crippen molar-refractivity contribution in [3.63, 3.8) is 0 Å². The van der Waals surface area contributed by atoms with Crippen LogP contribution in [-0.2, 0) is 44.6 Å². The topological polar surface area (TPSA) is 119 Å². The highest BCUT2D eigenvalue weighted by atomic mass is 32.2. The van der Waals surface area contributed by atoms with Gasteiger partial charge in [-0.15, -0.1) is 9.93 Å². The number of hydrogen-bond donors (Lipinski definition) is 3. The monoisotopic (exact) mass is 470 g/mol. The van der Waals surface area contributed by atoms with E-state index < -0.39 is 21.5 Å². The van der Waals surface area contributed by atoms with Crippen molar-refractivity contribution in [2.24, 2.45) is 0 Å². The number of aliphatic hydroxyl groups is 1. The van der Waals surface area contributed by atoms with E-state index >= 15 is 0 Å². The second-order valence-corrected chi connectivity index (χ2v) is 12.9. The minimum atomic E-state index is -2.31. The Morgan fingerprint density at radius 1 is 1.21 bits per heavy atom. The Kier molecular flexibility index (Phi) is 4.77. The normalized spacial score (nSPS) is 19.7. The van der Waals surface area contributed by atoms with Gasteiger partial charge >= 0.3 is 5.97 Å². The third kappa shape index (κ3) is 3.29. The second kappa shape index (κ2) is 7.23. The molecule has 2 N–H and O–H groups in total. The van der Waals surface area contributed by atoms with Crippen molar-refractivity contribution in [3.8, 4) is 17.1 Å². The highest BCUT2D eigenvalue weighted by molar-refractivity contribution is 8.01. The van der Waals surface area contributed by atoms with Crippen LogP contribution in [0.4, 0.5) is 0 Å². The first kappa shape index (κ1) is 21.8. The van der Waals surface area contributed by atoms with E-state index in [4.69, 9.17) is 9.72 Å². The third-order valence-electron chi connectivity index (χ3n) is 6.69. The van der Waals surface area contributed by atoms with Gasteiger partial charge in [-0.1, -0.05) is 6.92 Å². The maximum atomic E-state index is 13.4. The van der Waals surface area contributed by atoms with Crippen LogP contribution in [0.1, 0.15) is 35.6 Å². The molecular weight excluding hydrogens is 444 g/mol. The number of esters is 1. The van der Waals surface area contributed by atoms with Crippen molar-refractivity contribution in [1.29, 1.82) is 0 Å². The van der Waals surface area contributed by atoms with E-state index in [1.165, 1.54) is 0 Å². The van der Waals surface area contributed by atoms with Crippen LogP contribution < -0.4 is 5.56 Å². The van der Waals surface area contributed by atoms with Crippen LogP contribution in [0.3, 0.4) is 0 Å². The Hall–Kier alpha value is -3.04. The van der Waals surface area contributed by atoms with Crippen molar-refractivity contribution < 1.29 is 24.0 Å². The molecule has 0 bridgehead atoms.